The van der Waals surface area contributed by atoms with Crippen LogP contribution < -0.4 is 15.4 Å². The van der Waals surface area contributed by atoms with Gasteiger partial charge in [-0.05, 0) is 31.5 Å². The molecule has 0 aliphatic carbocycles. The van der Waals surface area contributed by atoms with Gasteiger partial charge in [0.1, 0.15) is 16.5 Å². The van der Waals surface area contributed by atoms with Gasteiger partial charge in [-0.1, -0.05) is 0 Å². The molecule has 0 aliphatic rings. The molecule has 0 radical (unpaired) electrons. The van der Waals surface area contributed by atoms with Crippen LogP contribution in [-0.2, 0) is 12.6 Å². The summed E-state index contributed by atoms with van der Waals surface area (Å²) in [5, 5.41) is 15.5. The number of nitrogens with one attached hydrogen (secondary N) is 2. The van der Waals surface area contributed by atoms with Crippen molar-refractivity contribution in [1.82, 2.24) is 20.3 Å². The van der Waals surface area contributed by atoms with Gasteiger partial charge in [0.25, 0.3) is 0 Å². The van der Waals surface area contributed by atoms with Crippen LogP contribution in [0, 0.1) is 6.92 Å². The molecule has 166 valence electrons. The summed E-state index contributed by atoms with van der Waals surface area (Å²) in [6.45, 7) is 3.25. The normalized spacial score (nSPS) is 11.5. The predicted octanol–water partition coefficient (Wildman–Crippen LogP) is 3.80. The molecule has 0 amide bonds. The van der Waals surface area contributed by atoms with Gasteiger partial charge in [-0.25, -0.2) is 15.0 Å². The first-order valence-electron chi connectivity index (χ1n) is 9.44. The number of aliphatic hydroxyl groups is 1. The third kappa shape index (κ3) is 6.12. The second-order valence-electron chi connectivity index (χ2n) is 6.59. The number of halogens is 3. The molecule has 0 bridgehead atoms. The summed E-state index contributed by atoms with van der Waals surface area (Å²) >= 11 is 1.50. The maximum atomic E-state index is 13.1. The lowest BCUT2D eigenvalue weighted by molar-refractivity contribution is -0.137. The number of rotatable bonds is 9. The summed E-state index contributed by atoms with van der Waals surface area (Å²) in [6.07, 6.45) is -2.22. The SMILES string of the molecule is COc1cc(Nc2nccc(-c3nc(C)c(CCNCCO)s3)n2)cc(C(F)(F)F)c1. The van der Waals surface area contributed by atoms with Gasteiger partial charge in [-0.2, -0.15) is 13.2 Å². The van der Waals surface area contributed by atoms with Crippen molar-refractivity contribution in [2.75, 3.05) is 32.1 Å². The predicted molar refractivity (Wildman–Crippen MR) is 113 cm³/mol. The van der Waals surface area contributed by atoms with Crippen molar-refractivity contribution in [3.63, 3.8) is 0 Å². The first-order valence-corrected chi connectivity index (χ1v) is 10.3. The van der Waals surface area contributed by atoms with Crippen molar-refractivity contribution >= 4 is 23.0 Å². The van der Waals surface area contributed by atoms with E-state index in [-0.39, 0.29) is 24.0 Å². The van der Waals surface area contributed by atoms with Gasteiger partial charge in [-0.15, -0.1) is 11.3 Å². The van der Waals surface area contributed by atoms with Crippen LogP contribution in [0.25, 0.3) is 10.7 Å². The molecule has 0 saturated heterocycles. The number of hydrogen-bond donors (Lipinski definition) is 3. The third-order valence-corrected chi connectivity index (χ3v) is 5.55. The van der Waals surface area contributed by atoms with Crippen molar-refractivity contribution in [3.05, 3.63) is 46.6 Å². The van der Waals surface area contributed by atoms with Crippen molar-refractivity contribution < 1.29 is 23.0 Å². The number of aromatic nitrogens is 3. The largest absolute Gasteiger partial charge is 0.497 e. The highest BCUT2D eigenvalue weighted by molar-refractivity contribution is 7.15. The number of methoxy groups -OCH3 is 1. The number of thiazole rings is 1. The molecule has 0 saturated carbocycles. The van der Waals surface area contributed by atoms with Gasteiger partial charge >= 0.3 is 6.18 Å². The highest BCUT2D eigenvalue weighted by Gasteiger charge is 2.31. The standard InChI is InChI=1S/C20H22F3N5O2S/c1-12-17(4-5-24-7-8-29)31-18(26-12)16-3-6-25-19(28-16)27-14-9-13(20(21,22)23)10-15(11-14)30-2/h3,6,9-11,24,29H,4-5,7-8H2,1-2H3,(H,25,27,28). The number of hydrogen-bond acceptors (Lipinski definition) is 8. The topological polar surface area (TPSA) is 92.2 Å². The van der Waals surface area contributed by atoms with Gasteiger partial charge in [0, 0.05) is 35.9 Å². The first-order chi connectivity index (χ1) is 14.8. The summed E-state index contributed by atoms with van der Waals surface area (Å²) in [5.74, 6) is 0.223. The van der Waals surface area contributed by atoms with Crippen LogP contribution in [0.1, 0.15) is 16.1 Å². The number of alkyl halides is 3. The minimum atomic E-state index is -4.51. The van der Waals surface area contributed by atoms with Gasteiger partial charge in [0.15, 0.2) is 0 Å². The zero-order valence-electron chi connectivity index (χ0n) is 17.0. The summed E-state index contributed by atoms with van der Waals surface area (Å²) < 4.78 is 44.4. The average molecular weight is 453 g/mol. The Bertz CT molecular complexity index is 1030. The van der Waals surface area contributed by atoms with E-state index in [0.29, 0.717) is 17.2 Å². The maximum Gasteiger partial charge on any atom is 0.416 e. The van der Waals surface area contributed by atoms with E-state index >= 15 is 0 Å². The molecule has 2 heterocycles. The zero-order valence-corrected chi connectivity index (χ0v) is 17.8. The van der Waals surface area contributed by atoms with Crippen molar-refractivity contribution in [1.29, 1.82) is 0 Å². The molecule has 7 nitrogen and oxygen atoms in total. The number of ether oxygens (including phenoxy) is 1. The number of aliphatic hydroxyl groups excluding tert-OH is 1. The van der Waals surface area contributed by atoms with Crippen LogP contribution in [0.15, 0.2) is 30.5 Å². The van der Waals surface area contributed by atoms with E-state index in [1.165, 1.54) is 30.7 Å². The third-order valence-electron chi connectivity index (χ3n) is 4.31. The maximum absolute atomic E-state index is 13.1. The monoisotopic (exact) mass is 453 g/mol. The minimum Gasteiger partial charge on any atom is -0.497 e. The lowest BCUT2D eigenvalue weighted by atomic mass is 10.2. The lowest BCUT2D eigenvalue weighted by Gasteiger charge is -2.12. The van der Waals surface area contributed by atoms with Gasteiger partial charge in [0.2, 0.25) is 5.95 Å². The smallest absolute Gasteiger partial charge is 0.416 e. The molecule has 1 aromatic carbocycles. The van der Waals surface area contributed by atoms with E-state index in [1.54, 1.807) is 6.07 Å². The molecule has 0 unspecified atom stereocenters. The number of nitrogens with zero attached hydrogens (tertiary/aromatic N) is 3. The second kappa shape index (κ2) is 10.0. The molecule has 0 atom stereocenters. The molecule has 2 aromatic heterocycles. The van der Waals surface area contributed by atoms with E-state index in [9.17, 15) is 13.2 Å². The highest BCUT2D eigenvalue weighted by atomic mass is 32.1. The molecule has 0 fully saturated rings. The van der Waals surface area contributed by atoms with Crippen LogP contribution in [0.3, 0.4) is 0 Å². The molecule has 11 heteroatoms. The number of aryl methyl sites for hydroxylation is 1. The average Bonchev–Trinajstić information content (AvgIpc) is 3.11. The van der Waals surface area contributed by atoms with Gasteiger partial charge < -0.3 is 20.5 Å². The second-order valence-corrected chi connectivity index (χ2v) is 7.67. The van der Waals surface area contributed by atoms with E-state index in [1.807, 2.05) is 6.92 Å². The Kier molecular flexibility index (Phi) is 7.42. The highest BCUT2D eigenvalue weighted by Crippen LogP contribution is 2.35. The Balaban J connectivity index is 1.80. The fraction of sp³-hybridized carbons (Fsp3) is 0.350. The summed E-state index contributed by atoms with van der Waals surface area (Å²) in [7, 11) is 1.30. The van der Waals surface area contributed by atoms with E-state index < -0.39 is 11.7 Å². The molecule has 0 aliphatic heterocycles. The Morgan fingerprint density at radius 3 is 2.68 bits per heavy atom. The Hall–Kier alpha value is -2.76. The van der Waals surface area contributed by atoms with Crippen LogP contribution in [0.2, 0.25) is 0 Å². The Labute approximate surface area is 181 Å². The van der Waals surface area contributed by atoms with Crippen LogP contribution in [-0.4, -0.2) is 46.9 Å². The fourth-order valence-corrected chi connectivity index (χ4v) is 3.83. The van der Waals surface area contributed by atoms with Gasteiger partial charge in [0.05, 0.1) is 25.0 Å². The van der Waals surface area contributed by atoms with Crippen molar-refractivity contribution in [2.24, 2.45) is 0 Å². The molecule has 0 spiro atoms. The molecule has 3 rings (SSSR count). The molecule has 3 N–H and O–H groups in total. The molecular weight excluding hydrogens is 431 g/mol. The van der Waals surface area contributed by atoms with Gasteiger partial charge in [-0.3, -0.25) is 0 Å². The van der Waals surface area contributed by atoms with Crippen LogP contribution in [0.5, 0.6) is 5.75 Å². The molecule has 31 heavy (non-hydrogen) atoms. The Morgan fingerprint density at radius 2 is 1.97 bits per heavy atom. The summed E-state index contributed by atoms with van der Waals surface area (Å²) in [5.41, 5.74) is 0.788. The fourth-order valence-electron chi connectivity index (χ4n) is 2.80. The zero-order chi connectivity index (χ0) is 22.4. The van der Waals surface area contributed by atoms with E-state index in [0.717, 1.165) is 35.7 Å². The first kappa shape index (κ1) is 22.9. The van der Waals surface area contributed by atoms with Crippen molar-refractivity contribution in [3.8, 4) is 16.5 Å². The minimum absolute atomic E-state index is 0.0727. The lowest BCUT2D eigenvalue weighted by Crippen LogP contribution is -2.20. The molecule has 3 aromatic rings. The Morgan fingerprint density at radius 1 is 1.16 bits per heavy atom. The number of benzene rings is 1. The van der Waals surface area contributed by atoms with Crippen LogP contribution >= 0.6 is 11.3 Å². The quantitative estimate of drug-likeness (QED) is 0.425. The summed E-state index contributed by atoms with van der Waals surface area (Å²) in [6, 6.07) is 5.04. The van der Waals surface area contributed by atoms with E-state index in [2.05, 4.69) is 25.6 Å². The van der Waals surface area contributed by atoms with E-state index in [4.69, 9.17) is 9.84 Å². The van der Waals surface area contributed by atoms with Crippen LogP contribution in [0.4, 0.5) is 24.8 Å². The molecular formula is C20H22F3N5O2S. The summed E-state index contributed by atoms with van der Waals surface area (Å²) in [4.78, 5) is 14.2. The number of anilines is 2. The van der Waals surface area contributed by atoms with Crippen molar-refractivity contribution in [2.45, 2.75) is 19.5 Å².